The van der Waals surface area contributed by atoms with Gasteiger partial charge < -0.3 is 10.2 Å². The number of amides is 2. The van der Waals surface area contributed by atoms with Gasteiger partial charge in [0.2, 0.25) is 11.8 Å². The maximum Gasteiger partial charge on any atom is 0.223 e. The molecule has 0 saturated carbocycles. The summed E-state index contributed by atoms with van der Waals surface area (Å²) in [6, 6.07) is 17.5. The summed E-state index contributed by atoms with van der Waals surface area (Å²) in [6.07, 6.45) is 1.07. The Hall–Kier alpha value is -2.14. The summed E-state index contributed by atoms with van der Waals surface area (Å²) < 4.78 is 0.838. The SMILES string of the molecule is CC(=O)N(CCC(=O)NCCc1ccccc1)c1ccccc1Br. The molecule has 0 spiro atoms. The second-order valence-corrected chi connectivity index (χ2v) is 6.31. The fraction of sp³-hybridized carbons (Fsp3) is 0.263. The van der Waals surface area contributed by atoms with E-state index in [0.29, 0.717) is 13.1 Å². The van der Waals surface area contributed by atoms with Crippen LogP contribution >= 0.6 is 15.9 Å². The lowest BCUT2D eigenvalue weighted by molar-refractivity contribution is -0.121. The summed E-state index contributed by atoms with van der Waals surface area (Å²) >= 11 is 3.45. The van der Waals surface area contributed by atoms with Crippen LogP contribution in [0.1, 0.15) is 18.9 Å². The molecule has 2 amide bonds. The van der Waals surface area contributed by atoms with Crippen LogP contribution in [-0.2, 0) is 16.0 Å². The minimum absolute atomic E-state index is 0.0516. The van der Waals surface area contributed by atoms with E-state index in [1.54, 1.807) is 4.90 Å². The zero-order chi connectivity index (χ0) is 17.4. The lowest BCUT2D eigenvalue weighted by Gasteiger charge is -2.22. The average Bonchev–Trinajstić information content (AvgIpc) is 2.57. The van der Waals surface area contributed by atoms with Crippen LogP contribution < -0.4 is 10.2 Å². The van der Waals surface area contributed by atoms with Gasteiger partial charge in [-0.2, -0.15) is 0 Å². The van der Waals surface area contributed by atoms with Crippen molar-refractivity contribution >= 4 is 33.4 Å². The number of nitrogens with one attached hydrogen (secondary N) is 1. The molecule has 0 aliphatic rings. The van der Waals surface area contributed by atoms with Gasteiger partial charge in [-0.3, -0.25) is 9.59 Å². The number of carbonyl (C=O) groups excluding carboxylic acids is 2. The molecule has 0 fully saturated rings. The fourth-order valence-corrected chi connectivity index (χ4v) is 2.91. The van der Waals surface area contributed by atoms with Crippen LogP contribution in [0.15, 0.2) is 59.1 Å². The van der Waals surface area contributed by atoms with Gasteiger partial charge in [0.1, 0.15) is 0 Å². The van der Waals surface area contributed by atoms with E-state index in [0.717, 1.165) is 16.6 Å². The minimum Gasteiger partial charge on any atom is -0.356 e. The molecule has 0 atom stereocenters. The number of benzene rings is 2. The maximum atomic E-state index is 12.0. The topological polar surface area (TPSA) is 49.4 Å². The van der Waals surface area contributed by atoms with Crippen molar-refractivity contribution in [2.75, 3.05) is 18.0 Å². The van der Waals surface area contributed by atoms with Crippen LogP contribution in [0.2, 0.25) is 0 Å². The van der Waals surface area contributed by atoms with Gasteiger partial charge in [0.15, 0.2) is 0 Å². The molecular weight excluding hydrogens is 368 g/mol. The highest BCUT2D eigenvalue weighted by molar-refractivity contribution is 9.10. The van der Waals surface area contributed by atoms with Gasteiger partial charge in [0.05, 0.1) is 5.69 Å². The minimum atomic E-state index is -0.0843. The number of nitrogens with zero attached hydrogens (tertiary/aromatic N) is 1. The molecule has 0 heterocycles. The van der Waals surface area contributed by atoms with Crippen molar-refractivity contribution in [2.45, 2.75) is 19.8 Å². The number of hydrogen-bond acceptors (Lipinski definition) is 2. The van der Waals surface area contributed by atoms with Crippen LogP contribution in [0.5, 0.6) is 0 Å². The zero-order valence-electron chi connectivity index (χ0n) is 13.7. The van der Waals surface area contributed by atoms with E-state index >= 15 is 0 Å². The number of anilines is 1. The Bertz CT molecular complexity index is 689. The highest BCUT2D eigenvalue weighted by Crippen LogP contribution is 2.25. The smallest absolute Gasteiger partial charge is 0.223 e. The number of rotatable bonds is 7. The standard InChI is InChI=1S/C19H21BrN2O2/c1-15(23)22(18-10-6-5-9-17(18)20)14-12-19(24)21-13-11-16-7-3-2-4-8-16/h2-10H,11-14H2,1H3,(H,21,24). The second kappa shape index (κ2) is 9.23. The number of carbonyl (C=O) groups is 2. The van der Waals surface area contributed by atoms with Crippen LogP contribution in [0.25, 0.3) is 0 Å². The van der Waals surface area contributed by atoms with Gasteiger partial charge in [-0.05, 0) is 40.0 Å². The molecular formula is C19H21BrN2O2. The van der Waals surface area contributed by atoms with Gasteiger partial charge >= 0.3 is 0 Å². The first-order chi connectivity index (χ1) is 11.6. The van der Waals surface area contributed by atoms with E-state index in [4.69, 9.17) is 0 Å². The first-order valence-electron chi connectivity index (χ1n) is 7.91. The van der Waals surface area contributed by atoms with Crippen molar-refractivity contribution in [1.29, 1.82) is 0 Å². The van der Waals surface area contributed by atoms with E-state index in [2.05, 4.69) is 21.2 Å². The van der Waals surface area contributed by atoms with E-state index < -0.39 is 0 Å². The molecule has 2 rings (SSSR count). The molecule has 0 radical (unpaired) electrons. The predicted octanol–water partition coefficient (Wildman–Crippen LogP) is 3.55. The average molecular weight is 389 g/mol. The summed E-state index contributed by atoms with van der Waals surface area (Å²) in [4.78, 5) is 25.5. The summed E-state index contributed by atoms with van der Waals surface area (Å²) in [5.41, 5.74) is 1.97. The van der Waals surface area contributed by atoms with Crippen molar-refractivity contribution in [1.82, 2.24) is 5.32 Å². The molecule has 0 aromatic heterocycles. The van der Waals surface area contributed by atoms with Crippen LogP contribution in [0, 0.1) is 0 Å². The zero-order valence-corrected chi connectivity index (χ0v) is 15.3. The first-order valence-corrected chi connectivity index (χ1v) is 8.70. The quantitative estimate of drug-likeness (QED) is 0.788. The van der Waals surface area contributed by atoms with Crippen molar-refractivity contribution in [3.8, 4) is 0 Å². The molecule has 0 saturated heterocycles. The van der Waals surface area contributed by atoms with Crippen LogP contribution in [0.3, 0.4) is 0 Å². The predicted molar refractivity (Wildman–Crippen MR) is 99.9 cm³/mol. The summed E-state index contributed by atoms with van der Waals surface area (Å²) in [5, 5.41) is 2.90. The molecule has 0 bridgehead atoms. The Morgan fingerprint density at radius 1 is 1.04 bits per heavy atom. The Kier molecular flexibility index (Phi) is 7.00. The fourth-order valence-electron chi connectivity index (χ4n) is 2.41. The van der Waals surface area contributed by atoms with Crippen molar-refractivity contribution in [2.24, 2.45) is 0 Å². The third kappa shape index (κ3) is 5.49. The van der Waals surface area contributed by atoms with Crippen LogP contribution in [0.4, 0.5) is 5.69 Å². The normalized spacial score (nSPS) is 10.2. The van der Waals surface area contributed by atoms with Gasteiger partial charge in [-0.15, -0.1) is 0 Å². The number of hydrogen-bond donors (Lipinski definition) is 1. The third-order valence-electron chi connectivity index (χ3n) is 3.66. The maximum absolute atomic E-state index is 12.0. The molecule has 5 heteroatoms. The van der Waals surface area contributed by atoms with Gasteiger partial charge in [-0.25, -0.2) is 0 Å². The van der Waals surface area contributed by atoms with Crippen molar-refractivity contribution < 1.29 is 9.59 Å². The molecule has 0 unspecified atom stereocenters. The molecule has 24 heavy (non-hydrogen) atoms. The molecule has 0 aliphatic carbocycles. The summed E-state index contributed by atoms with van der Waals surface area (Å²) in [6.45, 7) is 2.46. The number of para-hydroxylation sites is 1. The third-order valence-corrected chi connectivity index (χ3v) is 4.34. The molecule has 1 N–H and O–H groups in total. The van der Waals surface area contributed by atoms with Gasteiger partial charge in [0.25, 0.3) is 0 Å². The van der Waals surface area contributed by atoms with Crippen LogP contribution in [-0.4, -0.2) is 24.9 Å². The summed E-state index contributed by atoms with van der Waals surface area (Å²) in [5.74, 6) is -0.136. The second-order valence-electron chi connectivity index (χ2n) is 5.46. The summed E-state index contributed by atoms with van der Waals surface area (Å²) in [7, 11) is 0. The Balaban J connectivity index is 1.82. The highest BCUT2D eigenvalue weighted by Gasteiger charge is 2.15. The largest absolute Gasteiger partial charge is 0.356 e. The molecule has 4 nitrogen and oxygen atoms in total. The highest BCUT2D eigenvalue weighted by atomic mass is 79.9. The molecule has 126 valence electrons. The Morgan fingerprint density at radius 3 is 2.38 bits per heavy atom. The van der Waals surface area contributed by atoms with Crippen molar-refractivity contribution in [3.63, 3.8) is 0 Å². The molecule has 0 aliphatic heterocycles. The van der Waals surface area contributed by atoms with Crippen molar-refractivity contribution in [3.05, 3.63) is 64.6 Å². The van der Waals surface area contributed by atoms with Gasteiger partial charge in [0, 0.05) is 30.9 Å². The van der Waals surface area contributed by atoms with Gasteiger partial charge in [-0.1, -0.05) is 42.5 Å². The lowest BCUT2D eigenvalue weighted by Crippen LogP contribution is -2.34. The van der Waals surface area contributed by atoms with E-state index in [1.165, 1.54) is 12.5 Å². The lowest BCUT2D eigenvalue weighted by atomic mass is 10.1. The van der Waals surface area contributed by atoms with E-state index in [1.807, 2.05) is 54.6 Å². The van der Waals surface area contributed by atoms with E-state index in [-0.39, 0.29) is 18.2 Å². The van der Waals surface area contributed by atoms with E-state index in [9.17, 15) is 9.59 Å². The number of halogens is 1. The monoisotopic (exact) mass is 388 g/mol. The molecule has 2 aromatic carbocycles. The molecule has 2 aromatic rings. The Morgan fingerprint density at radius 2 is 1.71 bits per heavy atom. The Labute approximate surface area is 151 Å². The first kappa shape index (κ1) is 18.2.